The summed E-state index contributed by atoms with van der Waals surface area (Å²) >= 11 is 0. The second-order valence-corrected chi connectivity index (χ2v) is 10.9. The van der Waals surface area contributed by atoms with Crippen molar-refractivity contribution in [1.82, 2.24) is 14.9 Å². The van der Waals surface area contributed by atoms with Crippen LogP contribution in [0.2, 0.25) is 0 Å². The van der Waals surface area contributed by atoms with E-state index in [4.69, 9.17) is 0 Å². The third kappa shape index (κ3) is 5.53. The fraction of sp³-hybridized carbons (Fsp3) is 0.222. The largest absolute Gasteiger partial charge is 0.329 e. The molecule has 10 nitrogen and oxygen atoms in total. The van der Waals surface area contributed by atoms with Crippen molar-refractivity contribution in [3.05, 3.63) is 99.2 Å². The minimum absolute atomic E-state index is 0.0534. The first-order chi connectivity index (χ1) is 18.3. The first kappa shape index (κ1) is 25.4. The highest BCUT2D eigenvalue weighted by atomic mass is 32.2. The molecule has 11 heteroatoms. The minimum atomic E-state index is -3.80. The number of nitrogens with one attached hydrogen (secondary N) is 4. The van der Waals surface area contributed by atoms with Gasteiger partial charge in [-0.05, 0) is 74.0 Å². The van der Waals surface area contributed by atoms with Crippen LogP contribution in [-0.4, -0.2) is 37.0 Å². The van der Waals surface area contributed by atoms with E-state index in [2.05, 4.69) is 20.3 Å². The number of anilines is 2. The summed E-state index contributed by atoms with van der Waals surface area (Å²) in [6, 6.07) is 19.3. The van der Waals surface area contributed by atoms with Gasteiger partial charge >= 0.3 is 5.69 Å². The van der Waals surface area contributed by atoms with Gasteiger partial charge in [-0.1, -0.05) is 30.3 Å². The van der Waals surface area contributed by atoms with E-state index >= 15 is 0 Å². The van der Waals surface area contributed by atoms with Crippen LogP contribution in [-0.2, 0) is 21.4 Å². The molecule has 4 aromatic rings. The van der Waals surface area contributed by atoms with Crippen LogP contribution in [0.5, 0.6) is 0 Å². The van der Waals surface area contributed by atoms with E-state index in [9.17, 15) is 22.8 Å². The standard InChI is InChI=1S/C27H27N5O5S/c33-25(19-12-14-28-15-13-19)29-21-8-11-24-23(16-21)26(34)32(27(35)30-24)17-18-6-9-22(10-7-18)38(36,37)31-20-4-2-1-3-5-20/h1-11,16,19,28,31H,12-15,17H2,(H,29,33)(H,30,35). The van der Waals surface area contributed by atoms with E-state index in [0.29, 0.717) is 22.5 Å². The molecule has 1 aliphatic heterocycles. The summed E-state index contributed by atoms with van der Waals surface area (Å²) in [6.07, 6.45) is 1.50. The van der Waals surface area contributed by atoms with Gasteiger partial charge in [-0.15, -0.1) is 0 Å². The first-order valence-electron chi connectivity index (χ1n) is 12.3. The Kier molecular flexibility index (Phi) is 7.12. The smallest absolute Gasteiger partial charge is 0.326 e. The molecule has 4 N–H and O–H groups in total. The van der Waals surface area contributed by atoms with E-state index < -0.39 is 21.3 Å². The van der Waals surface area contributed by atoms with Crippen molar-refractivity contribution in [3.63, 3.8) is 0 Å². The molecule has 3 aromatic carbocycles. The molecule has 1 saturated heterocycles. The van der Waals surface area contributed by atoms with Crippen LogP contribution < -0.4 is 26.6 Å². The molecule has 0 radical (unpaired) electrons. The SMILES string of the molecule is O=C(Nc1ccc2[nH]c(=O)n(Cc3ccc(S(=O)(=O)Nc4ccccc4)cc3)c(=O)c2c1)C1CCNCC1. The van der Waals surface area contributed by atoms with E-state index in [0.717, 1.165) is 30.5 Å². The number of carbonyl (C=O) groups is 1. The molecule has 0 aliphatic carbocycles. The zero-order valence-electron chi connectivity index (χ0n) is 20.4. The summed E-state index contributed by atoms with van der Waals surface area (Å²) < 4.78 is 28.9. The van der Waals surface area contributed by atoms with Gasteiger partial charge in [0.2, 0.25) is 5.91 Å². The summed E-state index contributed by atoms with van der Waals surface area (Å²) in [5.41, 5.74) is 0.769. The molecule has 1 amide bonds. The molecule has 38 heavy (non-hydrogen) atoms. The number of carbonyl (C=O) groups excluding carboxylic acids is 1. The number of benzene rings is 3. The Hall–Kier alpha value is -4.22. The van der Waals surface area contributed by atoms with Gasteiger partial charge in [-0.3, -0.25) is 18.9 Å². The number of para-hydroxylation sites is 1. The van der Waals surface area contributed by atoms with Gasteiger partial charge < -0.3 is 15.6 Å². The van der Waals surface area contributed by atoms with Crippen molar-refractivity contribution in [2.75, 3.05) is 23.1 Å². The Morgan fingerprint density at radius 2 is 1.63 bits per heavy atom. The predicted molar refractivity (Wildman–Crippen MR) is 146 cm³/mol. The Morgan fingerprint density at radius 1 is 0.921 bits per heavy atom. The number of fused-ring (bicyclic) bond motifs is 1. The van der Waals surface area contributed by atoms with Crippen LogP contribution in [0, 0.1) is 5.92 Å². The van der Waals surface area contributed by atoms with Crippen LogP contribution in [0.15, 0.2) is 87.3 Å². The Bertz CT molecular complexity index is 1690. The molecule has 0 saturated carbocycles. The fourth-order valence-corrected chi connectivity index (χ4v) is 5.54. The molecule has 0 bridgehead atoms. The summed E-state index contributed by atoms with van der Waals surface area (Å²) in [5.74, 6) is -0.179. The predicted octanol–water partition coefficient (Wildman–Crippen LogP) is 2.48. The molecule has 1 aliphatic rings. The number of piperidine rings is 1. The average molecular weight is 534 g/mol. The number of rotatable bonds is 7. The highest BCUT2D eigenvalue weighted by Gasteiger charge is 2.21. The number of nitrogens with zero attached hydrogens (tertiary/aromatic N) is 1. The molecule has 0 unspecified atom stereocenters. The second-order valence-electron chi connectivity index (χ2n) is 9.21. The lowest BCUT2D eigenvalue weighted by atomic mass is 9.97. The van der Waals surface area contributed by atoms with E-state index in [-0.39, 0.29) is 28.7 Å². The molecule has 1 fully saturated rings. The average Bonchev–Trinajstić information content (AvgIpc) is 2.92. The lowest BCUT2D eigenvalue weighted by Crippen LogP contribution is -2.35. The normalized spacial score (nSPS) is 14.3. The Morgan fingerprint density at radius 3 is 2.34 bits per heavy atom. The van der Waals surface area contributed by atoms with Crippen LogP contribution in [0.4, 0.5) is 11.4 Å². The first-order valence-corrected chi connectivity index (χ1v) is 13.7. The zero-order chi connectivity index (χ0) is 26.7. The number of sulfonamides is 1. The number of amides is 1. The van der Waals surface area contributed by atoms with Gasteiger partial charge in [-0.25, -0.2) is 13.2 Å². The molecular weight excluding hydrogens is 506 g/mol. The summed E-state index contributed by atoms with van der Waals surface area (Å²) in [6.45, 7) is 1.53. The molecule has 0 spiro atoms. The van der Waals surface area contributed by atoms with Gasteiger partial charge in [0.15, 0.2) is 0 Å². The Balaban J connectivity index is 1.37. The number of aromatic nitrogens is 2. The van der Waals surface area contributed by atoms with E-state index in [1.54, 1.807) is 60.7 Å². The molecule has 2 heterocycles. The number of aromatic amines is 1. The van der Waals surface area contributed by atoms with Crippen molar-refractivity contribution in [2.24, 2.45) is 5.92 Å². The molecule has 196 valence electrons. The van der Waals surface area contributed by atoms with E-state index in [1.807, 2.05) is 0 Å². The highest BCUT2D eigenvalue weighted by molar-refractivity contribution is 7.92. The third-order valence-corrected chi connectivity index (χ3v) is 7.96. The minimum Gasteiger partial charge on any atom is -0.326 e. The topological polar surface area (TPSA) is 142 Å². The number of H-pyrrole nitrogens is 1. The van der Waals surface area contributed by atoms with Crippen molar-refractivity contribution < 1.29 is 13.2 Å². The van der Waals surface area contributed by atoms with Gasteiger partial charge in [0.1, 0.15) is 0 Å². The van der Waals surface area contributed by atoms with Crippen LogP contribution >= 0.6 is 0 Å². The molecular formula is C27H27N5O5S. The number of hydrogen-bond donors (Lipinski definition) is 4. The summed E-state index contributed by atoms with van der Waals surface area (Å²) in [4.78, 5) is 41.3. The van der Waals surface area contributed by atoms with Gasteiger partial charge in [-0.2, -0.15) is 0 Å². The van der Waals surface area contributed by atoms with Crippen LogP contribution in [0.25, 0.3) is 10.9 Å². The van der Waals surface area contributed by atoms with Gasteiger partial charge in [0, 0.05) is 17.3 Å². The maximum Gasteiger partial charge on any atom is 0.329 e. The third-order valence-electron chi connectivity index (χ3n) is 6.56. The van der Waals surface area contributed by atoms with Crippen LogP contribution in [0.3, 0.4) is 0 Å². The monoisotopic (exact) mass is 533 g/mol. The lowest BCUT2D eigenvalue weighted by molar-refractivity contribution is -0.120. The summed E-state index contributed by atoms with van der Waals surface area (Å²) in [5, 5.41) is 6.37. The van der Waals surface area contributed by atoms with Gasteiger partial charge in [0.05, 0.1) is 22.3 Å². The lowest BCUT2D eigenvalue weighted by Gasteiger charge is -2.21. The molecule has 5 rings (SSSR count). The maximum absolute atomic E-state index is 13.2. The van der Waals surface area contributed by atoms with Crippen molar-refractivity contribution in [1.29, 1.82) is 0 Å². The zero-order valence-corrected chi connectivity index (χ0v) is 21.3. The quantitative estimate of drug-likeness (QED) is 0.288. The van der Waals surface area contributed by atoms with E-state index in [1.165, 1.54) is 12.1 Å². The van der Waals surface area contributed by atoms with Crippen molar-refractivity contribution in [3.8, 4) is 0 Å². The van der Waals surface area contributed by atoms with Gasteiger partial charge in [0.25, 0.3) is 15.6 Å². The second kappa shape index (κ2) is 10.6. The highest BCUT2D eigenvalue weighted by Crippen LogP contribution is 2.19. The molecule has 0 atom stereocenters. The van der Waals surface area contributed by atoms with Crippen molar-refractivity contribution >= 4 is 38.2 Å². The van der Waals surface area contributed by atoms with Crippen molar-refractivity contribution in [2.45, 2.75) is 24.3 Å². The summed E-state index contributed by atoms with van der Waals surface area (Å²) in [7, 11) is -3.80. The molecule has 1 aromatic heterocycles. The Labute approximate surface area is 218 Å². The fourth-order valence-electron chi connectivity index (χ4n) is 4.48. The van der Waals surface area contributed by atoms with Crippen LogP contribution in [0.1, 0.15) is 18.4 Å². The maximum atomic E-state index is 13.2. The number of hydrogen-bond acceptors (Lipinski definition) is 6.